The van der Waals surface area contributed by atoms with Crippen molar-refractivity contribution in [3.63, 3.8) is 0 Å². The van der Waals surface area contributed by atoms with Gasteiger partial charge in [0.05, 0.1) is 6.42 Å². The van der Waals surface area contributed by atoms with Crippen LogP contribution in [0.2, 0.25) is 0 Å². The monoisotopic (exact) mass is 318 g/mol. The van der Waals surface area contributed by atoms with E-state index in [1.54, 1.807) is 31.3 Å². The van der Waals surface area contributed by atoms with Gasteiger partial charge >= 0.3 is 0 Å². The molecule has 0 bridgehead atoms. The lowest BCUT2D eigenvalue weighted by atomic mass is 10.1. The van der Waals surface area contributed by atoms with Gasteiger partial charge in [0, 0.05) is 19.7 Å². The maximum Gasteiger partial charge on any atom is 0.228 e. The van der Waals surface area contributed by atoms with Gasteiger partial charge in [-0.2, -0.15) is 0 Å². The van der Waals surface area contributed by atoms with Crippen molar-refractivity contribution in [3.05, 3.63) is 59.7 Å². The molecule has 2 amide bonds. The molecule has 0 heterocycles. The normalized spacial score (nSPS) is 10.3. The standard InChI is InChI=1S/C17H16F2N2O2/c1-11(22)21(2)13-8-6-12(7-9-13)10-16(23)20-17-14(18)4-3-5-15(17)19/h3-9H,10H2,1-2H3,(H,20,23). The van der Waals surface area contributed by atoms with Crippen LogP contribution >= 0.6 is 0 Å². The number of hydrogen-bond acceptors (Lipinski definition) is 2. The fourth-order valence-electron chi connectivity index (χ4n) is 2.01. The number of rotatable bonds is 4. The summed E-state index contributed by atoms with van der Waals surface area (Å²) >= 11 is 0. The number of nitrogens with zero attached hydrogens (tertiary/aromatic N) is 1. The minimum absolute atomic E-state index is 0.0299. The fourth-order valence-corrected chi connectivity index (χ4v) is 2.01. The molecule has 1 N–H and O–H groups in total. The molecule has 2 rings (SSSR count). The van der Waals surface area contributed by atoms with Crippen LogP contribution in [0.15, 0.2) is 42.5 Å². The zero-order chi connectivity index (χ0) is 17.0. The van der Waals surface area contributed by atoms with Gasteiger partial charge in [0.25, 0.3) is 0 Å². The lowest BCUT2D eigenvalue weighted by Gasteiger charge is -2.15. The smallest absolute Gasteiger partial charge is 0.228 e. The topological polar surface area (TPSA) is 49.4 Å². The third kappa shape index (κ3) is 4.12. The minimum Gasteiger partial charge on any atom is -0.321 e. The highest BCUT2D eigenvalue weighted by Gasteiger charge is 2.12. The van der Waals surface area contributed by atoms with Crippen LogP contribution in [0.5, 0.6) is 0 Å². The molecule has 0 saturated heterocycles. The van der Waals surface area contributed by atoms with Crippen molar-refractivity contribution in [2.75, 3.05) is 17.3 Å². The third-order valence-corrected chi connectivity index (χ3v) is 3.39. The molecule has 0 atom stereocenters. The average Bonchev–Trinajstić information content (AvgIpc) is 2.51. The lowest BCUT2D eigenvalue weighted by molar-refractivity contribution is -0.116. The summed E-state index contributed by atoms with van der Waals surface area (Å²) in [4.78, 5) is 24.6. The van der Waals surface area contributed by atoms with Gasteiger partial charge in [0.1, 0.15) is 17.3 Å². The molecule has 4 nitrogen and oxygen atoms in total. The fraction of sp³-hybridized carbons (Fsp3) is 0.176. The van der Waals surface area contributed by atoms with Gasteiger partial charge < -0.3 is 10.2 Å². The van der Waals surface area contributed by atoms with Crippen LogP contribution in [0.25, 0.3) is 0 Å². The van der Waals surface area contributed by atoms with Crippen molar-refractivity contribution < 1.29 is 18.4 Å². The van der Waals surface area contributed by atoms with Gasteiger partial charge in [0.15, 0.2) is 0 Å². The van der Waals surface area contributed by atoms with Gasteiger partial charge in [0.2, 0.25) is 11.8 Å². The van der Waals surface area contributed by atoms with E-state index in [0.29, 0.717) is 11.3 Å². The second-order valence-electron chi connectivity index (χ2n) is 5.07. The largest absolute Gasteiger partial charge is 0.321 e. The first-order valence-electron chi connectivity index (χ1n) is 6.95. The number of anilines is 2. The summed E-state index contributed by atoms with van der Waals surface area (Å²) in [6.07, 6.45) is -0.0299. The number of hydrogen-bond donors (Lipinski definition) is 1. The summed E-state index contributed by atoms with van der Waals surface area (Å²) in [7, 11) is 1.64. The first-order chi connectivity index (χ1) is 10.9. The Morgan fingerprint density at radius 3 is 2.13 bits per heavy atom. The summed E-state index contributed by atoms with van der Waals surface area (Å²) in [5, 5.41) is 2.23. The van der Waals surface area contributed by atoms with E-state index >= 15 is 0 Å². The zero-order valence-electron chi connectivity index (χ0n) is 12.8. The number of nitrogens with one attached hydrogen (secondary N) is 1. The summed E-state index contributed by atoms with van der Waals surface area (Å²) in [5.74, 6) is -2.28. The van der Waals surface area contributed by atoms with Crippen LogP contribution in [0, 0.1) is 11.6 Å². The van der Waals surface area contributed by atoms with Crippen molar-refractivity contribution in [3.8, 4) is 0 Å². The van der Waals surface area contributed by atoms with E-state index in [1.807, 2.05) is 0 Å². The predicted molar refractivity (Wildman–Crippen MR) is 84.2 cm³/mol. The summed E-state index contributed by atoms with van der Waals surface area (Å²) < 4.78 is 26.9. The Kier molecular flexibility index (Phi) is 5.05. The molecule has 0 radical (unpaired) electrons. The molecule has 0 aromatic heterocycles. The number of halogens is 2. The van der Waals surface area contributed by atoms with E-state index in [1.165, 1.54) is 17.9 Å². The van der Waals surface area contributed by atoms with Gasteiger partial charge in [-0.3, -0.25) is 9.59 Å². The molecule has 6 heteroatoms. The molecule has 0 fully saturated rings. The number of carbonyl (C=O) groups excluding carboxylic acids is 2. The minimum atomic E-state index is -0.822. The van der Waals surface area contributed by atoms with Crippen LogP contribution in [0.3, 0.4) is 0 Å². The first kappa shape index (κ1) is 16.6. The van der Waals surface area contributed by atoms with Crippen molar-refractivity contribution in [1.82, 2.24) is 0 Å². The van der Waals surface area contributed by atoms with E-state index in [4.69, 9.17) is 0 Å². The number of carbonyl (C=O) groups is 2. The van der Waals surface area contributed by atoms with Crippen molar-refractivity contribution in [1.29, 1.82) is 0 Å². The van der Waals surface area contributed by atoms with Gasteiger partial charge in [-0.05, 0) is 29.8 Å². The second-order valence-corrected chi connectivity index (χ2v) is 5.07. The zero-order valence-corrected chi connectivity index (χ0v) is 12.8. The molecular formula is C17H16F2N2O2. The average molecular weight is 318 g/mol. The highest BCUT2D eigenvalue weighted by atomic mass is 19.1. The van der Waals surface area contributed by atoms with Crippen molar-refractivity contribution >= 4 is 23.2 Å². The number of amides is 2. The van der Waals surface area contributed by atoms with Crippen LogP contribution < -0.4 is 10.2 Å². The van der Waals surface area contributed by atoms with Gasteiger partial charge in [-0.25, -0.2) is 8.78 Å². The highest BCUT2D eigenvalue weighted by molar-refractivity contribution is 5.93. The molecule has 0 spiro atoms. The Balaban J connectivity index is 2.05. The molecule has 0 aliphatic heterocycles. The van der Waals surface area contributed by atoms with Crippen LogP contribution in [-0.2, 0) is 16.0 Å². The Bertz CT molecular complexity index is 710. The summed E-state index contributed by atoms with van der Waals surface area (Å²) in [6, 6.07) is 10.2. The Morgan fingerprint density at radius 2 is 1.61 bits per heavy atom. The van der Waals surface area contributed by atoms with E-state index in [9.17, 15) is 18.4 Å². The van der Waals surface area contributed by atoms with E-state index < -0.39 is 23.2 Å². The van der Waals surface area contributed by atoms with E-state index in [2.05, 4.69) is 5.32 Å². The quantitative estimate of drug-likeness (QED) is 0.941. The molecule has 2 aromatic carbocycles. The predicted octanol–water partition coefficient (Wildman–Crippen LogP) is 3.13. The van der Waals surface area contributed by atoms with E-state index in [-0.39, 0.29) is 12.3 Å². The maximum absolute atomic E-state index is 13.5. The first-order valence-corrected chi connectivity index (χ1v) is 6.95. The maximum atomic E-state index is 13.5. The van der Waals surface area contributed by atoms with Crippen LogP contribution in [0.4, 0.5) is 20.2 Å². The summed E-state index contributed by atoms with van der Waals surface area (Å²) in [5.41, 5.74) is 0.909. The second kappa shape index (κ2) is 7.00. The molecular weight excluding hydrogens is 302 g/mol. The number of para-hydroxylation sites is 1. The molecule has 0 aliphatic rings. The van der Waals surface area contributed by atoms with Crippen molar-refractivity contribution in [2.24, 2.45) is 0 Å². The Morgan fingerprint density at radius 1 is 1.04 bits per heavy atom. The van der Waals surface area contributed by atoms with Crippen LogP contribution in [-0.4, -0.2) is 18.9 Å². The molecule has 2 aromatic rings. The highest BCUT2D eigenvalue weighted by Crippen LogP contribution is 2.19. The third-order valence-electron chi connectivity index (χ3n) is 3.39. The van der Waals surface area contributed by atoms with Crippen LogP contribution in [0.1, 0.15) is 12.5 Å². The molecule has 0 saturated carbocycles. The van der Waals surface area contributed by atoms with Gasteiger partial charge in [-0.1, -0.05) is 18.2 Å². The molecule has 0 unspecified atom stereocenters. The van der Waals surface area contributed by atoms with E-state index in [0.717, 1.165) is 12.1 Å². The Hall–Kier alpha value is -2.76. The Labute approximate surface area is 132 Å². The molecule has 120 valence electrons. The van der Waals surface area contributed by atoms with Gasteiger partial charge in [-0.15, -0.1) is 0 Å². The SMILES string of the molecule is CC(=O)N(C)c1ccc(CC(=O)Nc2c(F)cccc2F)cc1. The lowest BCUT2D eigenvalue weighted by Crippen LogP contribution is -2.22. The number of benzene rings is 2. The molecule has 0 aliphatic carbocycles. The summed E-state index contributed by atoms with van der Waals surface area (Å²) in [6.45, 7) is 1.45. The van der Waals surface area contributed by atoms with Crippen molar-refractivity contribution in [2.45, 2.75) is 13.3 Å². The molecule has 23 heavy (non-hydrogen) atoms.